The molecule has 0 unspecified atom stereocenters. The number of hydrogen-bond acceptors (Lipinski definition) is 4. The molecule has 5 aromatic carbocycles. The Labute approximate surface area is 273 Å². The summed E-state index contributed by atoms with van der Waals surface area (Å²) < 4.78 is 12.7. The third-order valence-electron chi connectivity index (χ3n) is 7.70. The van der Waals surface area contributed by atoms with Gasteiger partial charge in [-0.3, -0.25) is 0 Å². The molecule has 0 N–H and O–H groups in total. The molecule has 0 saturated carbocycles. The van der Waals surface area contributed by atoms with Gasteiger partial charge in [0.2, 0.25) is 0 Å². The molecular weight excluding hydrogens is 733 g/mol. The van der Waals surface area contributed by atoms with E-state index in [0.29, 0.717) is 0 Å². The molecule has 0 aliphatic rings. The second-order valence-electron chi connectivity index (χ2n) is 10.4. The van der Waals surface area contributed by atoms with Crippen LogP contribution in [0.1, 0.15) is 0 Å². The van der Waals surface area contributed by atoms with Crippen LogP contribution in [0.25, 0.3) is 77.5 Å². The van der Waals surface area contributed by atoms with Crippen molar-refractivity contribution in [3.8, 4) is 33.6 Å². The van der Waals surface area contributed by atoms with Gasteiger partial charge in [-0.2, -0.15) is 0 Å². The number of furan rings is 2. The summed E-state index contributed by atoms with van der Waals surface area (Å²) in [4.78, 5) is 8.80. The molecule has 9 aromatic rings. The van der Waals surface area contributed by atoms with E-state index >= 15 is 0 Å². The van der Waals surface area contributed by atoms with Crippen molar-refractivity contribution in [1.29, 1.82) is 0 Å². The Balaban J connectivity index is 0.000000211. The van der Waals surface area contributed by atoms with Crippen LogP contribution in [0.3, 0.4) is 0 Å². The summed E-state index contributed by atoms with van der Waals surface area (Å²) in [6, 6.07) is 50.6. The van der Waals surface area contributed by atoms with Crippen LogP contribution >= 0.6 is 0 Å². The van der Waals surface area contributed by atoms with E-state index < -0.39 is 0 Å². The third-order valence-corrected chi connectivity index (χ3v) is 7.70. The average Bonchev–Trinajstić information content (AvgIpc) is 3.68. The first kappa shape index (κ1) is 28.4. The van der Waals surface area contributed by atoms with Crippen molar-refractivity contribution in [3.63, 3.8) is 0 Å². The first-order chi connectivity index (χ1) is 21.8. The predicted molar refractivity (Wildman–Crippen MR) is 177 cm³/mol. The van der Waals surface area contributed by atoms with Gasteiger partial charge >= 0.3 is 0 Å². The molecule has 0 atom stereocenters. The normalized spacial score (nSPS) is 10.9. The molecular formula is C40H24IrN2O2-2. The largest absolute Gasteiger partial charge is 0.455 e. The van der Waals surface area contributed by atoms with Gasteiger partial charge < -0.3 is 18.8 Å². The third kappa shape index (κ3) is 5.33. The Morgan fingerprint density at radius 1 is 0.489 bits per heavy atom. The van der Waals surface area contributed by atoms with Crippen molar-refractivity contribution in [3.05, 3.63) is 158 Å². The summed E-state index contributed by atoms with van der Waals surface area (Å²) in [6.45, 7) is 0. The Hall–Kier alpha value is -5.35. The summed E-state index contributed by atoms with van der Waals surface area (Å²) in [6.07, 6.45) is 3.63. The number of fused-ring (bicyclic) bond motifs is 7. The van der Waals surface area contributed by atoms with Gasteiger partial charge in [-0.15, -0.1) is 71.8 Å². The van der Waals surface area contributed by atoms with E-state index in [0.717, 1.165) is 77.5 Å². The van der Waals surface area contributed by atoms with Crippen molar-refractivity contribution in [1.82, 2.24) is 9.97 Å². The fraction of sp³-hybridized carbons (Fsp3) is 0. The standard InChI is InChI=1S/C29H16NO2.C11H8N.Ir/c1-2-8-18(9-3-1)24-16-19(14-15-30-24)22-17-23-20-10-4-6-12-25(20)31-29(23)27-21-11-5-7-13-26(21)32-28(22)27;1-2-6-10(7-3-1)11-8-4-5-9-12-11;/h1-8,10-17H;1-6,8-9H;/q2*-1;. The number of nitrogens with zero attached hydrogens (tertiary/aromatic N) is 2. The molecule has 4 nitrogen and oxygen atoms in total. The molecule has 0 spiro atoms. The van der Waals surface area contributed by atoms with Gasteiger partial charge in [0.15, 0.2) is 0 Å². The van der Waals surface area contributed by atoms with Crippen LogP contribution in [-0.4, -0.2) is 9.97 Å². The maximum absolute atomic E-state index is 6.40. The van der Waals surface area contributed by atoms with Crippen LogP contribution in [0, 0.1) is 12.1 Å². The Morgan fingerprint density at radius 2 is 1.11 bits per heavy atom. The average molecular weight is 757 g/mol. The molecule has 0 aliphatic carbocycles. The molecule has 217 valence electrons. The molecule has 1 radical (unpaired) electrons. The van der Waals surface area contributed by atoms with Crippen LogP contribution < -0.4 is 0 Å². The maximum Gasteiger partial charge on any atom is 0.147 e. The van der Waals surface area contributed by atoms with Crippen molar-refractivity contribution in [2.24, 2.45) is 0 Å². The Bertz CT molecular complexity index is 2340. The van der Waals surface area contributed by atoms with Crippen LogP contribution in [-0.2, 0) is 20.1 Å². The van der Waals surface area contributed by atoms with Gasteiger partial charge in [0.1, 0.15) is 22.3 Å². The molecule has 0 bridgehead atoms. The van der Waals surface area contributed by atoms with Gasteiger partial charge in [-0.05, 0) is 47.3 Å². The zero-order chi connectivity index (χ0) is 29.3. The van der Waals surface area contributed by atoms with E-state index in [1.807, 2.05) is 115 Å². The van der Waals surface area contributed by atoms with E-state index in [2.05, 4.69) is 46.4 Å². The number of benzene rings is 5. The minimum Gasteiger partial charge on any atom is -0.455 e. The molecule has 0 aliphatic heterocycles. The van der Waals surface area contributed by atoms with Gasteiger partial charge in [0.05, 0.1) is 5.39 Å². The summed E-state index contributed by atoms with van der Waals surface area (Å²) in [7, 11) is 0. The van der Waals surface area contributed by atoms with Crippen LogP contribution in [0.5, 0.6) is 0 Å². The van der Waals surface area contributed by atoms with E-state index in [-0.39, 0.29) is 20.1 Å². The monoisotopic (exact) mass is 757 g/mol. The fourth-order valence-corrected chi connectivity index (χ4v) is 5.65. The summed E-state index contributed by atoms with van der Waals surface area (Å²) in [5, 5.41) is 4.24. The summed E-state index contributed by atoms with van der Waals surface area (Å²) in [5.74, 6) is 0. The molecule has 4 aromatic heterocycles. The van der Waals surface area contributed by atoms with E-state index in [4.69, 9.17) is 8.83 Å². The number of rotatable bonds is 3. The molecule has 5 heteroatoms. The summed E-state index contributed by atoms with van der Waals surface area (Å²) in [5.41, 5.74) is 9.33. The quantitative estimate of drug-likeness (QED) is 0.169. The first-order valence-electron chi connectivity index (χ1n) is 14.4. The van der Waals surface area contributed by atoms with Gasteiger partial charge in [-0.25, -0.2) is 0 Å². The molecule has 0 fully saturated rings. The first-order valence-corrected chi connectivity index (χ1v) is 14.4. The second kappa shape index (κ2) is 12.3. The van der Waals surface area contributed by atoms with Crippen molar-refractivity contribution >= 4 is 43.9 Å². The Kier molecular flexibility index (Phi) is 7.79. The molecule has 45 heavy (non-hydrogen) atoms. The van der Waals surface area contributed by atoms with Crippen molar-refractivity contribution in [2.75, 3.05) is 0 Å². The minimum atomic E-state index is 0. The predicted octanol–water partition coefficient (Wildman–Crippen LogP) is 10.6. The Morgan fingerprint density at radius 3 is 1.82 bits per heavy atom. The SMILES string of the molecule is [Ir].[c-]1ccccc1-c1cc(-c2cc3c4ccccc4oc3c3c2oc2ccccc23)ccn1.[c-]1ccccc1-c1ccccn1. The molecule has 0 amide bonds. The van der Waals surface area contributed by atoms with Gasteiger partial charge in [0.25, 0.3) is 0 Å². The number of hydrogen-bond donors (Lipinski definition) is 0. The minimum absolute atomic E-state index is 0. The molecule has 4 heterocycles. The van der Waals surface area contributed by atoms with Gasteiger partial charge in [-0.1, -0.05) is 54.6 Å². The zero-order valence-electron chi connectivity index (χ0n) is 23.9. The zero-order valence-corrected chi connectivity index (χ0v) is 26.3. The van der Waals surface area contributed by atoms with E-state index in [9.17, 15) is 0 Å². The van der Waals surface area contributed by atoms with Crippen LogP contribution in [0.2, 0.25) is 0 Å². The number of aromatic nitrogens is 2. The second-order valence-corrected chi connectivity index (χ2v) is 10.4. The number of pyridine rings is 2. The molecule has 0 saturated heterocycles. The van der Waals surface area contributed by atoms with Crippen LogP contribution in [0.15, 0.2) is 155 Å². The maximum atomic E-state index is 6.40. The van der Waals surface area contributed by atoms with E-state index in [1.165, 1.54) is 0 Å². The smallest absolute Gasteiger partial charge is 0.147 e. The van der Waals surface area contributed by atoms with Crippen LogP contribution in [0.4, 0.5) is 0 Å². The van der Waals surface area contributed by atoms with Gasteiger partial charge in [0, 0.05) is 54.2 Å². The fourth-order valence-electron chi connectivity index (χ4n) is 5.65. The topological polar surface area (TPSA) is 52.1 Å². The summed E-state index contributed by atoms with van der Waals surface area (Å²) >= 11 is 0. The van der Waals surface area contributed by atoms with Crippen molar-refractivity contribution in [2.45, 2.75) is 0 Å². The van der Waals surface area contributed by atoms with Crippen molar-refractivity contribution < 1.29 is 28.9 Å². The molecule has 9 rings (SSSR count). The van der Waals surface area contributed by atoms with E-state index in [1.54, 1.807) is 6.20 Å². The number of para-hydroxylation sites is 2.